The molecule has 272 valence electrons. The monoisotopic (exact) mass is 717 g/mol. The molecule has 3 N–H and O–H groups in total. The third-order valence-electron chi connectivity index (χ3n) is 9.74. The van der Waals surface area contributed by atoms with Gasteiger partial charge in [0.05, 0.1) is 18.3 Å². The Hall–Kier alpha value is -4.21. The van der Waals surface area contributed by atoms with E-state index < -0.39 is 86.2 Å². The van der Waals surface area contributed by atoms with Gasteiger partial charge in [-0.3, -0.25) is 24.0 Å². The number of hydrogen-bond acceptors (Lipinski definition) is 9. The highest BCUT2D eigenvalue weighted by Gasteiger charge is 2.62. The molecule has 3 heterocycles. The second-order valence-electron chi connectivity index (χ2n) is 14.8. The molecule has 3 fully saturated rings. The number of benzene rings is 1. The van der Waals surface area contributed by atoms with Gasteiger partial charge in [-0.2, -0.15) is 0 Å². The van der Waals surface area contributed by atoms with Crippen LogP contribution in [0.4, 0.5) is 14.0 Å². The molecule has 14 nitrogen and oxygen atoms in total. The molecule has 0 spiro atoms. The molecule has 5 atom stereocenters. The predicted octanol–water partition coefficient (Wildman–Crippen LogP) is 2.75. The van der Waals surface area contributed by atoms with Gasteiger partial charge in [-0.05, 0) is 70.9 Å². The van der Waals surface area contributed by atoms with E-state index in [1.807, 2.05) is 6.08 Å². The van der Waals surface area contributed by atoms with Gasteiger partial charge in [-0.25, -0.2) is 22.4 Å². The largest absolute Gasteiger partial charge is 0.444 e. The van der Waals surface area contributed by atoms with Crippen LogP contribution >= 0.6 is 0 Å². The molecule has 0 unspecified atom stereocenters. The average molecular weight is 718 g/mol. The van der Waals surface area contributed by atoms with Gasteiger partial charge in [-0.15, -0.1) is 0 Å². The van der Waals surface area contributed by atoms with Crippen LogP contribution < -0.4 is 15.4 Å². The van der Waals surface area contributed by atoms with Crippen molar-refractivity contribution in [3.8, 4) is 0 Å². The molecule has 5 aliphatic rings. The molecular weight excluding hydrogens is 673 g/mol. The van der Waals surface area contributed by atoms with E-state index in [1.54, 1.807) is 39.0 Å². The summed E-state index contributed by atoms with van der Waals surface area (Å²) in [5.74, 6) is -3.07. The molecule has 2 aliphatic carbocycles. The van der Waals surface area contributed by atoms with E-state index in [9.17, 15) is 36.8 Å². The summed E-state index contributed by atoms with van der Waals surface area (Å²) < 4.78 is 53.1. The lowest BCUT2D eigenvalue weighted by atomic mass is 10.0. The van der Waals surface area contributed by atoms with Crippen molar-refractivity contribution in [2.24, 2.45) is 5.92 Å². The molecule has 0 bridgehead atoms. The first-order valence-electron chi connectivity index (χ1n) is 17.1. The maximum atomic E-state index is 14.4. The summed E-state index contributed by atoms with van der Waals surface area (Å²) in [6.07, 6.45) is 4.08. The van der Waals surface area contributed by atoms with Gasteiger partial charge in [0.1, 0.15) is 35.1 Å². The number of carbonyl (C=O) groups is 5. The third kappa shape index (κ3) is 7.74. The number of hydrogen-bond donors (Lipinski definition) is 3. The highest BCUT2D eigenvalue weighted by molar-refractivity contribution is 7.91. The number of alkyl carbamates (subject to hydrolysis) is 1. The van der Waals surface area contributed by atoms with Gasteiger partial charge >= 0.3 is 12.2 Å². The maximum Gasteiger partial charge on any atom is 0.410 e. The zero-order valence-corrected chi connectivity index (χ0v) is 29.2. The van der Waals surface area contributed by atoms with Crippen molar-refractivity contribution in [2.45, 2.75) is 120 Å². The Kier molecular flexibility index (Phi) is 9.61. The van der Waals surface area contributed by atoms with Crippen LogP contribution in [0.2, 0.25) is 0 Å². The Morgan fingerprint density at radius 1 is 1.08 bits per heavy atom. The van der Waals surface area contributed by atoms with Gasteiger partial charge in [0.2, 0.25) is 21.8 Å². The zero-order valence-electron chi connectivity index (χ0n) is 28.4. The smallest absolute Gasteiger partial charge is 0.410 e. The number of ether oxygens (including phenoxy) is 2. The predicted molar refractivity (Wildman–Crippen MR) is 176 cm³/mol. The van der Waals surface area contributed by atoms with E-state index in [2.05, 4.69) is 15.4 Å². The van der Waals surface area contributed by atoms with Crippen molar-refractivity contribution in [3.63, 3.8) is 0 Å². The lowest BCUT2D eigenvalue weighted by Crippen LogP contribution is -2.58. The molecule has 5 amide bonds. The summed E-state index contributed by atoms with van der Waals surface area (Å²) in [5, 5.41) is 4.76. The number of sulfonamides is 1. The van der Waals surface area contributed by atoms with Crippen molar-refractivity contribution >= 4 is 39.9 Å². The molecule has 2 saturated carbocycles. The summed E-state index contributed by atoms with van der Waals surface area (Å²) in [5.41, 5.74) is -1.35. The highest BCUT2D eigenvalue weighted by atomic mass is 32.2. The van der Waals surface area contributed by atoms with Crippen LogP contribution in [0.5, 0.6) is 0 Å². The van der Waals surface area contributed by atoms with Crippen molar-refractivity contribution in [1.82, 2.24) is 25.2 Å². The quantitative estimate of drug-likeness (QED) is 0.386. The molecule has 1 aromatic rings. The molecule has 3 aliphatic heterocycles. The van der Waals surface area contributed by atoms with Gasteiger partial charge in [0, 0.05) is 24.4 Å². The number of carbonyl (C=O) groups excluding carboxylic acids is 5. The molecule has 50 heavy (non-hydrogen) atoms. The Bertz CT molecular complexity index is 1710. The van der Waals surface area contributed by atoms with E-state index in [0.717, 1.165) is 0 Å². The number of rotatable bonds is 5. The van der Waals surface area contributed by atoms with Crippen LogP contribution in [0, 0.1) is 11.7 Å². The van der Waals surface area contributed by atoms with E-state index in [-0.39, 0.29) is 38.9 Å². The Labute approximate surface area is 290 Å². The van der Waals surface area contributed by atoms with E-state index in [1.165, 1.54) is 15.9 Å². The van der Waals surface area contributed by atoms with Crippen molar-refractivity contribution < 1.29 is 46.3 Å². The Balaban J connectivity index is 1.24. The maximum absolute atomic E-state index is 14.4. The van der Waals surface area contributed by atoms with Gasteiger partial charge in [0.25, 0.3) is 5.91 Å². The van der Waals surface area contributed by atoms with Crippen LogP contribution in [0.1, 0.15) is 83.3 Å². The fourth-order valence-electron chi connectivity index (χ4n) is 6.85. The number of halogens is 1. The average Bonchev–Trinajstić information content (AvgIpc) is 3.91. The SMILES string of the molecule is CC(C)(C)OC(=O)N[C@H]1CCCC/C=C\[C@@H]2C[C@@]2(C(=O)NS(=O)(=O)C2CC2)NC(=O)[C@@H]2C[C@@H](OC(=O)N3Cc4cccc(F)c4C3)CN2C1=O. The number of fused-ring (bicyclic) bond motifs is 3. The van der Waals surface area contributed by atoms with Gasteiger partial charge < -0.3 is 25.0 Å². The number of nitrogens with one attached hydrogen (secondary N) is 3. The van der Waals surface area contributed by atoms with Crippen molar-refractivity contribution in [1.29, 1.82) is 0 Å². The molecule has 0 radical (unpaired) electrons. The van der Waals surface area contributed by atoms with E-state index in [4.69, 9.17) is 9.47 Å². The van der Waals surface area contributed by atoms with Crippen LogP contribution in [0.3, 0.4) is 0 Å². The molecule has 16 heteroatoms. The fraction of sp³-hybridized carbons (Fsp3) is 0.618. The minimum atomic E-state index is -3.91. The molecule has 0 aromatic heterocycles. The molecule has 6 rings (SSSR count). The first kappa shape index (κ1) is 35.6. The first-order chi connectivity index (χ1) is 23.6. The minimum Gasteiger partial charge on any atom is -0.444 e. The van der Waals surface area contributed by atoms with Crippen LogP contribution in [-0.2, 0) is 47.0 Å². The number of amides is 5. The first-order valence-corrected chi connectivity index (χ1v) is 18.7. The minimum absolute atomic E-state index is 0.00168. The highest BCUT2D eigenvalue weighted by Crippen LogP contribution is 2.46. The lowest BCUT2D eigenvalue weighted by Gasteiger charge is -2.30. The second kappa shape index (κ2) is 13.5. The summed E-state index contributed by atoms with van der Waals surface area (Å²) >= 11 is 0. The number of allylic oxidation sites excluding steroid dienone is 1. The van der Waals surface area contributed by atoms with Crippen LogP contribution in [0.15, 0.2) is 30.4 Å². The molecule has 1 aromatic carbocycles. The fourth-order valence-corrected chi connectivity index (χ4v) is 8.21. The zero-order chi connectivity index (χ0) is 36.0. The third-order valence-corrected chi connectivity index (χ3v) is 11.6. The summed E-state index contributed by atoms with van der Waals surface area (Å²) in [6.45, 7) is 5.00. The summed E-state index contributed by atoms with van der Waals surface area (Å²) in [7, 11) is -3.91. The van der Waals surface area contributed by atoms with Gasteiger partial charge in [-0.1, -0.05) is 30.7 Å². The second-order valence-corrected chi connectivity index (χ2v) is 16.8. The van der Waals surface area contributed by atoms with Crippen LogP contribution in [0.25, 0.3) is 0 Å². The Morgan fingerprint density at radius 3 is 2.54 bits per heavy atom. The Morgan fingerprint density at radius 2 is 1.84 bits per heavy atom. The standard InChI is InChI=1S/C34H44FN5O9S/c1-33(2,3)49-31(44)36-26-12-7-5-4-6-10-21-16-34(21,30(43)38-50(46,47)23-13-14-23)37-28(41)27-15-22(18-40(27)29(26)42)48-32(45)39-17-20-9-8-11-25(35)24(20)19-39/h6,8-11,21-23,26-27H,4-5,7,12-19H2,1-3H3,(H,36,44)(H,37,41)(H,38,43)/b10-6-/t21-,22-,26+,27+,34-/m1/s1. The van der Waals surface area contributed by atoms with E-state index in [0.29, 0.717) is 43.2 Å². The van der Waals surface area contributed by atoms with Crippen LogP contribution in [-0.4, -0.2) is 89.2 Å². The summed E-state index contributed by atoms with van der Waals surface area (Å²) in [6, 6.07) is 2.29. The number of nitrogens with zero attached hydrogens (tertiary/aromatic N) is 2. The normalized spacial score (nSPS) is 29.0. The lowest BCUT2D eigenvalue weighted by molar-refractivity contribution is -0.141. The van der Waals surface area contributed by atoms with Crippen molar-refractivity contribution in [2.75, 3.05) is 6.54 Å². The molecule has 1 saturated heterocycles. The topological polar surface area (TPSA) is 181 Å². The van der Waals surface area contributed by atoms with Gasteiger partial charge in [0.15, 0.2) is 0 Å². The molecular formula is C34H44FN5O9S. The van der Waals surface area contributed by atoms with E-state index >= 15 is 0 Å². The summed E-state index contributed by atoms with van der Waals surface area (Å²) in [4.78, 5) is 70.5. The van der Waals surface area contributed by atoms with Crippen molar-refractivity contribution in [3.05, 3.63) is 47.3 Å².